The number of nitrogens with zero attached hydrogens (tertiary/aromatic N) is 2. The Hall–Kier alpha value is -3.26. The number of phenolic OH excluding ortho intramolecular Hbond substituents is 1. The Labute approximate surface area is 181 Å². The number of halogens is 1. The molecule has 0 spiro atoms. The van der Waals surface area contributed by atoms with E-state index in [4.69, 9.17) is 4.84 Å². The van der Waals surface area contributed by atoms with Gasteiger partial charge in [0.2, 0.25) is 5.91 Å². The number of carbonyl (C=O) groups is 1. The van der Waals surface area contributed by atoms with Crippen LogP contribution < -0.4 is 20.5 Å². The number of benzene rings is 2. The van der Waals surface area contributed by atoms with Crippen molar-refractivity contribution in [2.75, 3.05) is 44.2 Å². The van der Waals surface area contributed by atoms with Crippen LogP contribution in [0.3, 0.4) is 0 Å². The van der Waals surface area contributed by atoms with Crippen LogP contribution in [-0.2, 0) is 4.79 Å². The number of piperazine rings is 1. The first-order valence-electron chi connectivity index (χ1n) is 10.4. The highest BCUT2D eigenvalue weighted by molar-refractivity contribution is 5.78. The van der Waals surface area contributed by atoms with Gasteiger partial charge in [-0.2, -0.15) is 0 Å². The van der Waals surface area contributed by atoms with Crippen LogP contribution in [0, 0.1) is 5.82 Å². The highest BCUT2D eigenvalue weighted by Gasteiger charge is 2.20. The fourth-order valence-electron chi connectivity index (χ4n) is 3.90. The van der Waals surface area contributed by atoms with Crippen molar-refractivity contribution in [3.8, 4) is 11.5 Å². The molecule has 1 amide bonds. The van der Waals surface area contributed by atoms with Crippen LogP contribution in [0.5, 0.6) is 11.5 Å². The zero-order valence-electron chi connectivity index (χ0n) is 17.5. The minimum Gasteiger partial charge on any atom is -0.508 e. The van der Waals surface area contributed by atoms with Crippen molar-refractivity contribution in [1.82, 2.24) is 15.7 Å². The number of carbonyl (C=O) groups excluding carboxylic acids is 1. The number of anilines is 1. The first kappa shape index (κ1) is 21.0. The number of rotatable bonds is 6. The van der Waals surface area contributed by atoms with Gasteiger partial charge in [-0.15, -0.1) is 0 Å². The van der Waals surface area contributed by atoms with Crippen molar-refractivity contribution in [2.45, 2.75) is 13.3 Å². The topological polar surface area (TPSA) is 77.1 Å². The number of nitrogens with one attached hydrogen (secondary N) is 2. The van der Waals surface area contributed by atoms with Gasteiger partial charge in [0.25, 0.3) is 0 Å². The van der Waals surface area contributed by atoms with Gasteiger partial charge in [-0.05, 0) is 55.0 Å². The van der Waals surface area contributed by atoms with E-state index in [0.29, 0.717) is 25.3 Å². The maximum atomic E-state index is 13.1. The van der Waals surface area contributed by atoms with Gasteiger partial charge in [0.15, 0.2) is 5.75 Å². The van der Waals surface area contributed by atoms with E-state index in [0.717, 1.165) is 48.7 Å². The van der Waals surface area contributed by atoms with Gasteiger partial charge in [0.05, 0.1) is 12.2 Å². The molecule has 2 aliphatic heterocycles. The minimum absolute atomic E-state index is 0.0109. The van der Waals surface area contributed by atoms with Gasteiger partial charge < -0.3 is 20.2 Å². The SMILES string of the molecule is CC1=C(CCNC(=O)CN2CCN(c3ccc(F)cc3)CC2)NOc2ccc(O)cc21. The van der Waals surface area contributed by atoms with Crippen LogP contribution >= 0.6 is 0 Å². The molecule has 0 atom stereocenters. The fraction of sp³-hybridized carbons (Fsp3) is 0.348. The average molecular weight is 426 g/mol. The summed E-state index contributed by atoms with van der Waals surface area (Å²) in [5, 5.41) is 12.7. The van der Waals surface area contributed by atoms with Crippen LogP contribution in [0.15, 0.2) is 48.2 Å². The number of hydroxylamine groups is 1. The lowest BCUT2D eigenvalue weighted by atomic mass is 10.0. The maximum Gasteiger partial charge on any atom is 0.234 e. The van der Waals surface area contributed by atoms with Crippen molar-refractivity contribution < 1.29 is 19.1 Å². The molecule has 0 aromatic heterocycles. The molecule has 0 unspecified atom stereocenters. The maximum absolute atomic E-state index is 13.1. The van der Waals surface area contributed by atoms with E-state index in [1.165, 1.54) is 12.1 Å². The zero-order chi connectivity index (χ0) is 21.8. The summed E-state index contributed by atoms with van der Waals surface area (Å²) in [6.45, 7) is 5.99. The molecule has 0 radical (unpaired) electrons. The van der Waals surface area contributed by atoms with Gasteiger partial charge in [-0.3, -0.25) is 9.69 Å². The summed E-state index contributed by atoms with van der Waals surface area (Å²) in [5.41, 5.74) is 6.65. The Bertz CT molecular complexity index is 969. The van der Waals surface area contributed by atoms with Crippen LogP contribution in [0.1, 0.15) is 18.9 Å². The average Bonchev–Trinajstić information content (AvgIpc) is 2.77. The second-order valence-corrected chi connectivity index (χ2v) is 7.83. The first-order chi connectivity index (χ1) is 15.0. The number of phenols is 1. The normalized spacial score (nSPS) is 16.4. The minimum atomic E-state index is -0.234. The number of allylic oxidation sites excluding steroid dienone is 1. The Morgan fingerprint density at radius 2 is 1.90 bits per heavy atom. The summed E-state index contributed by atoms with van der Waals surface area (Å²) in [7, 11) is 0. The number of hydrogen-bond acceptors (Lipinski definition) is 6. The lowest BCUT2D eigenvalue weighted by molar-refractivity contribution is -0.122. The molecule has 31 heavy (non-hydrogen) atoms. The summed E-state index contributed by atoms with van der Waals surface area (Å²) in [6, 6.07) is 11.5. The quantitative estimate of drug-likeness (QED) is 0.659. The van der Waals surface area contributed by atoms with Crippen molar-refractivity contribution in [1.29, 1.82) is 0 Å². The second kappa shape index (κ2) is 9.26. The van der Waals surface area contributed by atoms with Gasteiger partial charge in [0.1, 0.15) is 11.6 Å². The lowest BCUT2D eigenvalue weighted by Crippen LogP contribution is -2.49. The fourth-order valence-corrected chi connectivity index (χ4v) is 3.90. The van der Waals surface area contributed by atoms with Crippen molar-refractivity contribution >= 4 is 17.2 Å². The van der Waals surface area contributed by atoms with Gasteiger partial charge >= 0.3 is 0 Å². The second-order valence-electron chi connectivity index (χ2n) is 7.83. The Morgan fingerprint density at radius 1 is 1.16 bits per heavy atom. The Morgan fingerprint density at radius 3 is 2.65 bits per heavy atom. The van der Waals surface area contributed by atoms with E-state index in [2.05, 4.69) is 20.6 Å². The van der Waals surface area contributed by atoms with Crippen LogP contribution in [0.25, 0.3) is 5.57 Å². The summed E-state index contributed by atoms with van der Waals surface area (Å²) in [6.07, 6.45) is 0.602. The smallest absolute Gasteiger partial charge is 0.234 e. The van der Waals surface area contributed by atoms with Gasteiger partial charge in [-0.25, -0.2) is 9.87 Å². The van der Waals surface area contributed by atoms with Crippen LogP contribution in [0.4, 0.5) is 10.1 Å². The number of fused-ring (bicyclic) bond motifs is 1. The molecule has 1 saturated heterocycles. The van der Waals surface area contributed by atoms with Crippen molar-refractivity contribution in [3.05, 3.63) is 59.5 Å². The van der Waals surface area contributed by atoms with Crippen molar-refractivity contribution in [2.24, 2.45) is 0 Å². The monoisotopic (exact) mass is 426 g/mol. The Kier molecular flexibility index (Phi) is 6.27. The molecule has 0 aliphatic carbocycles. The van der Waals surface area contributed by atoms with Gasteiger partial charge in [0, 0.05) is 50.4 Å². The molecule has 2 aromatic carbocycles. The molecule has 2 heterocycles. The highest BCUT2D eigenvalue weighted by atomic mass is 19.1. The molecule has 1 fully saturated rings. The van der Waals surface area contributed by atoms with Crippen molar-refractivity contribution in [3.63, 3.8) is 0 Å². The number of hydrogen-bond donors (Lipinski definition) is 3. The molecule has 0 saturated carbocycles. The predicted octanol–water partition coefficient (Wildman–Crippen LogP) is 2.49. The third kappa shape index (κ3) is 5.08. The molecule has 0 bridgehead atoms. The van der Waals surface area contributed by atoms with Gasteiger partial charge in [-0.1, -0.05) is 0 Å². The molecule has 2 aromatic rings. The third-order valence-corrected chi connectivity index (χ3v) is 5.73. The summed E-state index contributed by atoms with van der Waals surface area (Å²) < 4.78 is 13.1. The third-order valence-electron chi connectivity index (χ3n) is 5.73. The van der Waals surface area contributed by atoms with E-state index in [1.807, 2.05) is 6.92 Å². The largest absolute Gasteiger partial charge is 0.508 e. The molecule has 4 rings (SSSR count). The lowest BCUT2D eigenvalue weighted by Gasteiger charge is -2.35. The van der Waals surface area contributed by atoms with E-state index in [9.17, 15) is 14.3 Å². The summed E-state index contributed by atoms with van der Waals surface area (Å²) >= 11 is 0. The molecular formula is C23H27FN4O3. The summed E-state index contributed by atoms with van der Waals surface area (Å²) in [5.74, 6) is 0.615. The first-order valence-corrected chi connectivity index (χ1v) is 10.4. The molecule has 2 aliphatic rings. The van der Waals surface area contributed by atoms with E-state index in [1.54, 1.807) is 30.3 Å². The van der Waals surface area contributed by atoms with E-state index >= 15 is 0 Å². The molecule has 7 nitrogen and oxygen atoms in total. The summed E-state index contributed by atoms with van der Waals surface area (Å²) in [4.78, 5) is 22.2. The zero-order valence-corrected chi connectivity index (χ0v) is 17.5. The standard InChI is InChI=1S/C23H27FN4O3/c1-16-20-14-19(29)6-7-22(20)31-26-21(16)8-9-25-23(30)15-27-10-12-28(13-11-27)18-4-2-17(24)3-5-18/h2-7,14,26,29H,8-13,15H2,1H3,(H,25,30). The molecular weight excluding hydrogens is 399 g/mol. The van der Waals surface area contributed by atoms with Crippen LogP contribution in [-0.4, -0.2) is 55.2 Å². The number of amides is 1. The molecule has 3 N–H and O–H groups in total. The molecule has 164 valence electrons. The highest BCUT2D eigenvalue weighted by Crippen LogP contribution is 2.34. The van der Waals surface area contributed by atoms with Crippen LogP contribution in [0.2, 0.25) is 0 Å². The van der Waals surface area contributed by atoms with E-state index < -0.39 is 0 Å². The van der Waals surface area contributed by atoms with E-state index in [-0.39, 0.29) is 17.5 Å². The predicted molar refractivity (Wildman–Crippen MR) is 117 cm³/mol. The Balaban J connectivity index is 1.21. The molecule has 8 heteroatoms. The number of aromatic hydroxyl groups is 1.